The van der Waals surface area contributed by atoms with Gasteiger partial charge < -0.3 is 4.74 Å². The molecule has 0 unspecified atom stereocenters. The number of carbonyl (C=O) groups excluding carboxylic acids is 1. The molecule has 0 aliphatic heterocycles. The maximum atomic E-state index is 12.7. The van der Waals surface area contributed by atoms with E-state index in [0.717, 1.165) is 17.5 Å². The fourth-order valence-corrected chi connectivity index (χ4v) is 4.66. The van der Waals surface area contributed by atoms with Gasteiger partial charge in [0, 0.05) is 11.6 Å². The van der Waals surface area contributed by atoms with Gasteiger partial charge in [-0.25, -0.2) is 4.79 Å². The van der Waals surface area contributed by atoms with Gasteiger partial charge in [0.15, 0.2) is 0 Å². The first-order valence-corrected chi connectivity index (χ1v) is 11.8. The lowest BCUT2D eigenvalue weighted by Crippen LogP contribution is -2.23. The van der Waals surface area contributed by atoms with Gasteiger partial charge in [-0.1, -0.05) is 83.2 Å². The van der Waals surface area contributed by atoms with E-state index in [0.29, 0.717) is 24.3 Å². The number of nitro benzene ring substituents is 1. The van der Waals surface area contributed by atoms with Crippen molar-refractivity contribution in [3.63, 3.8) is 0 Å². The third-order valence-electron chi connectivity index (χ3n) is 6.43. The number of nitro groups is 1. The molecule has 0 spiro atoms. The van der Waals surface area contributed by atoms with Crippen LogP contribution in [0.3, 0.4) is 0 Å². The third-order valence-corrected chi connectivity index (χ3v) is 6.43. The van der Waals surface area contributed by atoms with Crippen molar-refractivity contribution in [2.45, 2.75) is 83.7 Å². The number of nitrogens with zero attached hydrogens (tertiary/aromatic N) is 1. The van der Waals surface area contributed by atoms with Crippen molar-refractivity contribution >= 4 is 11.7 Å². The van der Waals surface area contributed by atoms with Gasteiger partial charge in [0.25, 0.3) is 5.69 Å². The van der Waals surface area contributed by atoms with Crippen LogP contribution < -0.4 is 0 Å². The second-order valence-corrected chi connectivity index (χ2v) is 10.0. The molecule has 172 valence electrons. The van der Waals surface area contributed by atoms with Crippen LogP contribution in [0.1, 0.15) is 87.2 Å². The summed E-state index contributed by atoms with van der Waals surface area (Å²) in [7, 11) is 0. The molecule has 3 rings (SSSR count). The lowest BCUT2D eigenvalue weighted by Gasteiger charge is -2.27. The number of hydrogen-bond acceptors (Lipinski definition) is 4. The molecule has 32 heavy (non-hydrogen) atoms. The summed E-state index contributed by atoms with van der Waals surface area (Å²) in [5.74, 6) is 0.287. The Morgan fingerprint density at radius 1 is 1.09 bits per heavy atom. The molecule has 1 atom stereocenters. The Hall–Kier alpha value is -2.69. The average Bonchev–Trinajstić information content (AvgIpc) is 2.78. The molecule has 1 saturated carbocycles. The Morgan fingerprint density at radius 3 is 2.41 bits per heavy atom. The summed E-state index contributed by atoms with van der Waals surface area (Å²) in [5.41, 5.74) is 2.08. The highest BCUT2D eigenvalue weighted by Crippen LogP contribution is 2.33. The van der Waals surface area contributed by atoms with E-state index in [2.05, 4.69) is 0 Å². The van der Waals surface area contributed by atoms with Gasteiger partial charge in [0.2, 0.25) is 0 Å². The lowest BCUT2D eigenvalue weighted by atomic mass is 9.83. The molecule has 1 aliphatic carbocycles. The zero-order valence-corrected chi connectivity index (χ0v) is 19.5. The van der Waals surface area contributed by atoms with Crippen molar-refractivity contribution in [2.75, 3.05) is 0 Å². The van der Waals surface area contributed by atoms with Crippen molar-refractivity contribution in [3.8, 4) is 0 Å². The molecule has 0 N–H and O–H groups in total. The van der Waals surface area contributed by atoms with Crippen molar-refractivity contribution in [1.82, 2.24) is 0 Å². The summed E-state index contributed by atoms with van der Waals surface area (Å²) in [6, 6.07) is 14.6. The Balaban J connectivity index is 1.73. The van der Waals surface area contributed by atoms with Gasteiger partial charge in [0.1, 0.15) is 6.10 Å². The van der Waals surface area contributed by atoms with Crippen molar-refractivity contribution in [3.05, 3.63) is 75.3 Å². The zero-order valence-electron chi connectivity index (χ0n) is 19.5. The van der Waals surface area contributed by atoms with E-state index in [1.807, 2.05) is 51.1 Å². The molecule has 5 heteroatoms. The molecule has 0 saturated heterocycles. The Bertz CT molecular complexity index is 911. The van der Waals surface area contributed by atoms with Gasteiger partial charge >= 0.3 is 5.97 Å². The van der Waals surface area contributed by atoms with E-state index in [1.165, 1.54) is 32.1 Å². The minimum absolute atomic E-state index is 0.167. The van der Waals surface area contributed by atoms with Gasteiger partial charge in [-0.15, -0.1) is 0 Å². The summed E-state index contributed by atoms with van der Waals surface area (Å²) in [6.45, 7) is 5.95. The maximum Gasteiger partial charge on any atom is 0.338 e. The highest BCUT2D eigenvalue weighted by molar-refractivity contribution is 5.89. The quantitative estimate of drug-likeness (QED) is 0.253. The molecule has 1 aliphatic rings. The normalized spacial score (nSPS) is 15.8. The summed E-state index contributed by atoms with van der Waals surface area (Å²) in [6.07, 6.45) is 8.12. The van der Waals surface area contributed by atoms with Crippen LogP contribution in [0.15, 0.2) is 48.5 Å². The topological polar surface area (TPSA) is 69.4 Å². The van der Waals surface area contributed by atoms with Crippen LogP contribution >= 0.6 is 0 Å². The van der Waals surface area contributed by atoms with Crippen LogP contribution in [0.5, 0.6) is 0 Å². The van der Waals surface area contributed by atoms with Crippen LogP contribution in [0, 0.1) is 16.0 Å². The number of rotatable bonds is 8. The average molecular weight is 438 g/mol. The van der Waals surface area contributed by atoms with E-state index in [9.17, 15) is 14.9 Å². The largest absolute Gasteiger partial charge is 0.459 e. The molecular weight excluding hydrogens is 402 g/mol. The molecule has 5 nitrogen and oxygen atoms in total. The number of aryl methyl sites for hydroxylation is 1. The molecule has 0 bridgehead atoms. The molecule has 2 aromatic rings. The maximum absolute atomic E-state index is 12.7. The molecule has 0 radical (unpaired) electrons. The van der Waals surface area contributed by atoms with Gasteiger partial charge in [-0.3, -0.25) is 10.1 Å². The zero-order chi connectivity index (χ0) is 23.1. The third kappa shape index (κ3) is 6.65. The minimum Gasteiger partial charge on any atom is -0.459 e. The molecule has 2 aromatic carbocycles. The lowest BCUT2D eigenvalue weighted by molar-refractivity contribution is -0.386. The summed E-state index contributed by atoms with van der Waals surface area (Å²) >= 11 is 0. The fraction of sp³-hybridized carbons (Fsp3) is 0.519. The van der Waals surface area contributed by atoms with E-state index in [1.54, 1.807) is 18.2 Å². The number of hydrogen-bond donors (Lipinski definition) is 0. The predicted octanol–water partition coefficient (Wildman–Crippen LogP) is 7.02. The second kappa shape index (κ2) is 10.8. The van der Waals surface area contributed by atoms with E-state index in [4.69, 9.17) is 4.74 Å². The second-order valence-electron chi connectivity index (χ2n) is 10.0. The van der Waals surface area contributed by atoms with Crippen LogP contribution in [0.2, 0.25) is 0 Å². The molecule has 0 amide bonds. The number of benzene rings is 2. The van der Waals surface area contributed by atoms with Crippen LogP contribution in [0.25, 0.3) is 0 Å². The van der Waals surface area contributed by atoms with Crippen molar-refractivity contribution in [2.24, 2.45) is 5.92 Å². The standard InChI is InChI=1S/C27H35NO4/c1-27(2,3)24-17-15-21(19-25(24)28(30)31)14-16-23(18-20-10-6-4-7-11-20)32-26(29)22-12-8-5-9-13-22/h5,8-9,12-13,15,17,19-20,23H,4,6-7,10-11,14,16,18H2,1-3H3/t23-/m0/s1. The molecule has 1 fully saturated rings. The van der Waals surface area contributed by atoms with Crippen LogP contribution in [-0.2, 0) is 16.6 Å². The highest BCUT2D eigenvalue weighted by Gasteiger charge is 2.26. The Labute approximate surface area is 191 Å². The predicted molar refractivity (Wildman–Crippen MR) is 127 cm³/mol. The first-order chi connectivity index (χ1) is 15.2. The van der Waals surface area contributed by atoms with Crippen LogP contribution in [-0.4, -0.2) is 17.0 Å². The van der Waals surface area contributed by atoms with E-state index in [-0.39, 0.29) is 28.1 Å². The number of esters is 1. The minimum atomic E-state index is -0.296. The van der Waals surface area contributed by atoms with Crippen LogP contribution in [0.4, 0.5) is 5.69 Å². The van der Waals surface area contributed by atoms with Crippen molar-refractivity contribution < 1.29 is 14.5 Å². The number of carbonyl (C=O) groups is 1. The fourth-order valence-electron chi connectivity index (χ4n) is 4.66. The monoisotopic (exact) mass is 437 g/mol. The van der Waals surface area contributed by atoms with Gasteiger partial charge in [0.05, 0.1) is 10.5 Å². The van der Waals surface area contributed by atoms with E-state index >= 15 is 0 Å². The summed E-state index contributed by atoms with van der Waals surface area (Å²) in [4.78, 5) is 24.1. The number of ether oxygens (including phenoxy) is 1. The molecule has 0 heterocycles. The molecule has 0 aromatic heterocycles. The first kappa shape index (κ1) is 24.0. The van der Waals surface area contributed by atoms with Gasteiger partial charge in [-0.05, 0) is 48.3 Å². The SMILES string of the molecule is CC(C)(C)c1ccc(CC[C@@H](CC2CCCCC2)OC(=O)c2ccccc2)cc1[N+](=O)[O-]. The highest BCUT2D eigenvalue weighted by atomic mass is 16.6. The van der Waals surface area contributed by atoms with E-state index < -0.39 is 0 Å². The Kier molecular flexibility index (Phi) is 8.05. The summed E-state index contributed by atoms with van der Waals surface area (Å²) in [5, 5.41) is 11.7. The Morgan fingerprint density at radius 2 is 1.78 bits per heavy atom. The summed E-state index contributed by atoms with van der Waals surface area (Å²) < 4.78 is 5.94. The van der Waals surface area contributed by atoms with Crippen molar-refractivity contribution in [1.29, 1.82) is 0 Å². The molecular formula is C27H35NO4. The smallest absolute Gasteiger partial charge is 0.338 e. The first-order valence-electron chi connectivity index (χ1n) is 11.8. The van der Waals surface area contributed by atoms with Gasteiger partial charge in [-0.2, -0.15) is 0 Å².